The summed E-state index contributed by atoms with van der Waals surface area (Å²) in [5, 5.41) is 10.5. The van der Waals surface area contributed by atoms with Crippen molar-refractivity contribution in [2.75, 3.05) is 0 Å². The Morgan fingerprint density at radius 1 is 0.923 bits per heavy atom. The van der Waals surface area contributed by atoms with Gasteiger partial charge in [0.25, 0.3) is 0 Å². The molecule has 4 aromatic rings. The van der Waals surface area contributed by atoms with Crippen LogP contribution in [0.5, 0.6) is 0 Å². The van der Waals surface area contributed by atoms with Crippen LogP contribution in [0.1, 0.15) is 27.5 Å². The molecule has 1 atom stereocenters. The minimum absolute atomic E-state index is 0.154. The van der Waals surface area contributed by atoms with Crippen molar-refractivity contribution in [3.8, 4) is 6.07 Å². The lowest BCUT2D eigenvalue weighted by atomic mass is 10.0. The number of benzene rings is 3. The van der Waals surface area contributed by atoms with E-state index in [9.17, 15) is 0 Å². The third-order valence-corrected chi connectivity index (χ3v) is 5.83. The molecule has 4 rings (SSSR count). The Kier molecular flexibility index (Phi) is 4.51. The van der Waals surface area contributed by atoms with Gasteiger partial charge in [-0.1, -0.05) is 48.0 Å². The summed E-state index contributed by atoms with van der Waals surface area (Å²) in [5.74, 6) is 0. The number of hydrogen-bond acceptors (Lipinski definition) is 2. The Morgan fingerprint density at radius 2 is 1.65 bits per heavy atom. The van der Waals surface area contributed by atoms with Crippen LogP contribution in [0.25, 0.3) is 10.9 Å². The summed E-state index contributed by atoms with van der Waals surface area (Å²) in [6, 6.07) is 27.1. The van der Waals surface area contributed by atoms with E-state index in [1.807, 2.05) is 30.0 Å². The molecule has 1 N–H and O–H groups in total. The number of nitrogens with zero attached hydrogens (tertiary/aromatic N) is 1. The lowest BCUT2D eigenvalue weighted by molar-refractivity contribution is 1.16. The molecule has 0 spiro atoms. The lowest BCUT2D eigenvalue weighted by Gasteiger charge is -2.17. The van der Waals surface area contributed by atoms with E-state index in [2.05, 4.69) is 78.8 Å². The van der Waals surface area contributed by atoms with Crippen LogP contribution >= 0.6 is 11.8 Å². The highest BCUT2D eigenvalue weighted by Crippen LogP contribution is 2.43. The molecule has 0 fully saturated rings. The maximum absolute atomic E-state index is 9.09. The summed E-state index contributed by atoms with van der Waals surface area (Å²) in [5.41, 5.74) is 5.55. The molecule has 1 heterocycles. The zero-order valence-electron chi connectivity index (χ0n) is 14.4. The number of aromatic amines is 1. The Bertz CT molecular complexity index is 1070. The van der Waals surface area contributed by atoms with Crippen LogP contribution in [0.4, 0.5) is 0 Å². The quantitative estimate of drug-likeness (QED) is 0.441. The highest BCUT2D eigenvalue weighted by atomic mass is 32.2. The van der Waals surface area contributed by atoms with E-state index in [4.69, 9.17) is 5.26 Å². The van der Waals surface area contributed by atoms with Gasteiger partial charge in [0, 0.05) is 22.0 Å². The molecule has 0 amide bonds. The van der Waals surface area contributed by atoms with Crippen LogP contribution in [-0.4, -0.2) is 4.98 Å². The monoisotopic (exact) mass is 354 g/mol. The van der Waals surface area contributed by atoms with Gasteiger partial charge in [0.2, 0.25) is 0 Å². The average Bonchev–Trinajstić information content (AvgIpc) is 3.12. The minimum atomic E-state index is 0.154. The number of hydrogen-bond donors (Lipinski definition) is 1. The molecule has 0 aliphatic heterocycles. The summed E-state index contributed by atoms with van der Waals surface area (Å²) in [6.07, 6.45) is 2.11. The second-order valence-electron chi connectivity index (χ2n) is 6.33. The van der Waals surface area contributed by atoms with Gasteiger partial charge < -0.3 is 4.98 Å². The second-order valence-corrected chi connectivity index (χ2v) is 7.51. The third-order valence-electron chi connectivity index (χ3n) is 4.52. The van der Waals surface area contributed by atoms with Gasteiger partial charge in [-0.25, -0.2) is 0 Å². The number of thioether (sulfide) groups is 1. The SMILES string of the molecule is Cc1ccc(SC(c2ccc(C#N)cc2)c2c[nH]c3ccccc23)cc1. The van der Waals surface area contributed by atoms with Crippen molar-refractivity contribution >= 4 is 22.7 Å². The molecule has 0 aliphatic rings. The van der Waals surface area contributed by atoms with Gasteiger partial charge in [0.15, 0.2) is 0 Å². The van der Waals surface area contributed by atoms with Crippen molar-refractivity contribution in [3.63, 3.8) is 0 Å². The van der Waals surface area contributed by atoms with Crippen molar-refractivity contribution in [1.82, 2.24) is 4.98 Å². The van der Waals surface area contributed by atoms with Crippen LogP contribution in [0, 0.1) is 18.3 Å². The van der Waals surface area contributed by atoms with Crippen LogP contribution in [-0.2, 0) is 0 Å². The fourth-order valence-electron chi connectivity index (χ4n) is 3.11. The van der Waals surface area contributed by atoms with E-state index in [0.29, 0.717) is 5.56 Å². The summed E-state index contributed by atoms with van der Waals surface area (Å²) >= 11 is 1.83. The van der Waals surface area contributed by atoms with E-state index in [1.165, 1.54) is 27.0 Å². The van der Waals surface area contributed by atoms with Gasteiger partial charge in [0.1, 0.15) is 0 Å². The van der Waals surface area contributed by atoms with Gasteiger partial charge in [-0.3, -0.25) is 0 Å². The third kappa shape index (κ3) is 3.24. The molecule has 2 nitrogen and oxygen atoms in total. The molecule has 3 heteroatoms. The lowest BCUT2D eigenvalue weighted by Crippen LogP contribution is -1.96. The number of nitriles is 1. The van der Waals surface area contributed by atoms with Gasteiger partial charge in [-0.2, -0.15) is 5.26 Å². The van der Waals surface area contributed by atoms with Crippen molar-refractivity contribution < 1.29 is 0 Å². The maximum Gasteiger partial charge on any atom is 0.0991 e. The number of para-hydroxylation sites is 1. The van der Waals surface area contributed by atoms with Crippen LogP contribution in [0.3, 0.4) is 0 Å². The summed E-state index contributed by atoms with van der Waals surface area (Å²) in [6.45, 7) is 2.10. The molecule has 1 aromatic heterocycles. The van der Waals surface area contributed by atoms with Gasteiger partial charge in [-0.05, 0) is 48.4 Å². The molecule has 0 radical (unpaired) electrons. The molecule has 0 aliphatic carbocycles. The Hall–Kier alpha value is -2.96. The number of aromatic nitrogens is 1. The molecule has 26 heavy (non-hydrogen) atoms. The number of nitrogens with one attached hydrogen (secondary N) is 1. The van der Waals surface area contributed by atoms with Crippen LogP contribution in [0.15, 0.2) is 83.9 Å². The number of rotatable bonds is 4. The number of H-pyrrole nitrogens is 1. The van der Waals surface area contributed by atoms with Crippen LogP contribution in [0.2, 0.25) is 0 Å². The first-order valence-corrected chi connectivity index (χ1v) is 9.42. The normalized spacial score (nSPS) is 12.0. The Labute approximate surface area is 157 Å². The molecule has 0 saturated heterocycles. The molecule has 3 aromatic carbocycles. The second kappa shape index (κ2) is 7.11. The smallest absolute Gasteiger partial charge is 0.0991 e. The molecular weight excluding hydrogens is 336 g/mol. The average molecular weight is 354 g/mol. The van der Waals surface area contributed by atoms with E-state index in [0.717, 1.165) is 5.52 Å². The Morgan fingerprint density at radius 3 is 2.38 bits per heavy atom. The van der Waals surface area contributed by atoms with Gasteiger partial charge >= 0.3 is 0 Å². The molecule has 0 bridgehead atoms. The number of aryl methyl sites for hydroxylation is 1. The van der Waals surface area contributed by atoms with E-state index < -0.39 is 0 Å². The van der Waals surface area contributed by atoms with Crippen molar-refractivity contribution in [2.24, 2.45) is 0 Å². The standard InChI is InChI=1S/C23H18N2S/c1-16-6-12-19(13-7-16)26-23(18-10-8-17(14-24)9-11-18)21-15-25-22-5-3-2-4-20(21)22/h2-13,15,23,25H,1H3. The zero-order chi connectivity index (χ0) is 17.9. The van der Waals surface area contributed by atoms with E-state index >= 15 is 0 Å². The Balaban J connectivity index is 1.80. The van der Waals surface area contributed by atoms with Crippen molar-refractivity contribution in [3.05, 3.63) is 101 Å². The molecule has 126 valence electrons. The van der Waals surface area contributed by atoms with E-state index in [1.54, 1.807) is 0 Å². The molecule has 1 unspecified atom stereocenters. The predicted molar refractivity (Wildman–Crippen MR) is 108 cm³/mol. The summed E-state index contributed by atoms with van der Waals surface area (Å²) < 4.78 is 0. The van der Waals surface area contributed by atoms with Gasteiger partial charge in [0.05, 0.1) is 16.9 Å². The fourth-order valence-corrected chi connectivity index (χ4v) is 4.29. The largest absolute Gasteiger partial charge is 0.361 e. The first-order chi connectivity index (χ1) is 12.7. The maximum atomic E-state index is 9.09. The highest BCUT2D eigenvalue weighted by Gasteiger charge is 2.19. The highest BCUT2D eigenvalue weighted by molar-refractivity contribution is 7.99. The first kappa shape index (κ1) is 16.5. The number of fused-ring (bicyclic) bond motifs is 1. The first-order valence-electron chi connectivity index (χ1n) is 8.54. The van der Waals surface area contributed by atoms with Crippen LogP contribution < -0.4 is 0 Å². The van der Waals surface area contributed by atoms with Crippen molar-refractivity contribution in [2.45, 2.75) is 17.1 Å². The van der Waals surface area contributed by atoms with Crippen molar-refractivity contribution in [1.29, 1.82) is 5.26 Å². The zero-order valence-corrected chi connectivity index (χ0v) is 15.3. The minimum Gasteiger partial charge on any atom is -0.361 e. The molecular formula is C23H18N2S. The topological polar surface area (TPSA) is 39.6 Å². The van der Waals surface area contributed by atoms with E-state index in [-0.39, 0.29) is 5.25 Å². The molecule has 0 saturated carbocycles. The summed E-state index contributed by atoms with van der Waals surface area (Å²) in [4.78, 5) is 4.62. The van der Waals surface area contributed by atoms with Gasteiger partial charge in [-0.15, -0.1) is 11.8 Å². The fraction of sp³-hybridized carbons (Fsp3) is 0.0870. The predicted octanol–water partition coefficient (Wildman–Crippen LogP) is 6.23. The summed E-state index contributed by atoms with van der Waals surface area (Å²) in [7, 11) is 0.